The summed E-state index contributed by atoms with van der Waals surface area (Å²) in [6, 6.07) is 15.6. The summed E-state index contributed by atoms with van der Waals surface area (Å²) in [5.41, 5.74) is 2.28. The van der Waals surface area contributed by atoms with Crippen molar-refractivity contribution in [1.82, 2.24) is 0 Å². The van der Waals surface area contributed by atoms with Gasteiger partial charge < -0.3 is 14.2 Å². The zero-order valence-corrected chi connectivity index (χ0v) is 17.0. The number of rotatable bonds is 8. The van der Waals surface area contributed by atoms with E-state index in [4.69, 9.17) is 14.2 Å². The molecule has 2 aromatic rings. The van der Waals surface area contributed by atoms with Crippen LogP contribution in [0.4, 0.5) is 0 Å². The lowest BCUT2D eigenvalue weighted by Crippen LogP contribution is -2.31. The fraction of sp³-hybridized carbons (Fsp3) is 0.435. The molecule has 2 rings (SSSR count). The lowest BCUT2D eigenvalue weighted by atomic mass is 9.87. The lowest BCUT2D eigenvalue weighted by molar-refractivity contribution is -0.151. The average molecular weight is 370 g/mol. The van der Waals surface area contributed by atoms with E-state index in [9.17, 15) is 4.79 Å². The van der Waals surface area contributed by atoms with Crippen LogP contribution < -0.4 is 9.47 Å². The second-order valence-corrected chi connectivity index (χ2v) is 7.41. The second-order valence-electron chi connectivity index (χ2n) is 7.41. The Morgan fingerprint density at radius 3 is 2.00 bits per heavy atom. The molecule has 0 aliphatic carbocycles. The summed E-state index contributed by atoms with van der Waals surface area (Å²) in [7, 11) is 0. The van der Waals surface area contributed by atoms with Crippen LogP contribution in [0.15, 0.2) is 48.5 Å². The molecule has 0 aliphatic heterocycles. The standard InChI is InChI=1S/C23H30O4/c1-6-25-19-12-8-17(9-13-19)16-21(22(24)26-7-2)27-20-14-10-18(11-15-20)23(3,4)5/h8-15,21H,6-7,16H2,1-5H3/t21-/m0/s1. The van der Waals surface area contributed by atoms with Gasteiger partial charge in [-0.25, -0.2) is 4.79 Å². The molecular weight excluding hydrogens is 340 g/mol. The van der Waals surface area contributed by atoms with Crippen molar-refractivity contribution in [2.45, 2.75) is 52.6 Å². The van der Waals surface area contributed by atoms with Crippen molar-refractivity contribution < 1.29 is 19.0 Å². The summed E-state index contributed by atoms with van der Waals surface area (Å²) in [4.78, 5) is 12.4. The van der Waals surface area contributed by atoms with Crippen molar-refractivity contribution in [3.8, 4) is 11.5 Å². The molecule has 0 amide bonds. The quantitative estimate of drug-likeness (QED) is 0.618. The first-order chi connectivity index (χ1) is 12.8. The van der Waals surface area contributed by atoms with E-state index in [0.717, 1.165) is 11.3 Å². The molecule has 0 heterocycles. The average Bonchev–Trinajstić information content (AvgIpc) is 2.63. The zero-order valence-electron chi connectivity index (χ0n) is 17.0. The second kappa shape index (κ2) is 9.45. The van der Waals surface area contributed by atoms with Crippen molar-refractivity contribution in [3.63, 3.8) is 0 Å². The smallest absolute Gasteiger partial charge is 0.347 e. The Morgan fingerprint density at radius 2 is 1.48 bits per heavy atom. The van der Waals surface area contributed by atoms with Gasteiger partial charge in [0, 0.05) is 6.42 Å². The Balaban J connectivity index is 2.13. The van der Waals surface area contributed by atoms with Gasteiger partial charge in [0.2, 0.25) is 0 Å². The minimum atomic E-state index is -0.691. The number of benzene rings is 2. The number of esters is 1. The predicted octanol–water partition coefficient (Wildman–Crippen LogP) is 4.94. The minimum absolute atomic E-state index is 0.0708. The van der Waals surface area contributed by atoms with Crippen molar-refractivity contribution >= 4 is 5.97 Å². The van der Waals surface area contributed by atoms with E-state index in [1.54, 1.807) is 6.92 Å². The third-order valence-electron chi connectivity index (χ3n) is 4.20. The molecule has 4 heteroatoms. The molecule has 0 aromatic heterocycles. The van der Waals surface area contributed by atoms with Crippen molar-refractivity contribution in [2.75, 3.05) is 13.2 Å². The Kier molecular flexibility index (Phi) is 7.28. The first-order valence-electron chi connectivity index (χ1n) is 9.49. The normalized spacial score (nSPS) is 12.3. The van der Waals surface area contributed by atoms with E-state index in [0.29, 0.717) is 25.4 Å². The van der Waals surface area contributed by atoms with Gasteiger partial charge in [-0.2, -0.15) is 0 Å². The van der Waals surface area contributed by atoms with Crippen LogP contribution >= 0.6 is 0 Å². The number of carbonyl (C=O) groups excluding carboxylic acids is 1. The van der Waals surface area contributed by atoms with Crippen molar-refractivity contribution in [1.29, 1.82) is 0 Å². The summed E-state index contributed by atoms with van der Waals surface area (Å²) in [6.45, 7) is 11.2. The number of carbonyl (C=O) groups is 1. The summed E-state index contributed by atoms with van der Waals surface area (Å²) >= 11 is 0. The topological polar surface area (TPSA) is 44.8 Å². The maximum atomic E-state index is 12.4. The van der Waals surface area contributed by atoms with Gasteiger partial charge in [0.1, 0.15) is 11.5 Å². The molecule has 0 bridgehead atoms. The van der Waals surface area contributed by atoms with E-state index < -0.39 is 6.10 Å². The first kappa shape index (κ1) is 20.8. The van der Waals surface area contributed by atoms with Gasteiger partial charge in [-0.3, -0.25) is 0 Å². The van der Waals surface area contributed by atoms with Crippen LogP contribution in [0, 0.1) is 0 Å². The molecule has 0 unspecified atom stereocenters. The number of hydrogen-bond donors (Lipinski definition) is 0. The number of ether oxygens (including phenoxy) is 3. The van der Waals surface area contributed by atoms with Crippen molar-refractivity contribution in [3.05, 3.63) is 59.7 Å². The van der Waals surface area contributed by atoms with Crippen LogP contribution in [0.25, 0.3) is 0 Å². The van der Waals surface area contributed by atoms with Gasteiger partial charge in [-0.1, -0.05) is 45.0 Å². The van der Waals surface area contributed by atoms with Crippen LogP contribution in [0.2, 0.25) is 0 Å². The molecule has 0 saturated heterocycles. The van der Waals surface area contributed by atoms with E-state index in [1.165, 1.54) is 5.56 Å². The Labute approximate surface area is 162 Å². The fourth-order valence-electron chi connectivity index (χ4n) is 2.71. The van der Waals surface area contributed by atoms with Crippen LogP contribution in [-0.2, 0) is 21.4 Å². The fourth-order valence-corrected chi connectivity index (χ4v) is 2.71. The Morgan fingerprint density at radius 1 is 0.889 bits per heavy atom. The Bertz CT molecular complexity index is 712. The van der Waals surface area contributed by atoms with Crippen LogP contribution in [0.1, 0.15) is 45.7 Å². The van der Waals surface area contributed by atoms with Gasteiger partial charge in [0.15, 0.2) is 6.10 Å². The highest BCUT2D eigenvalue weighted by molar-refractivity contribution is 5.75. The summed E-state index contributed by atoms with van der Waals surface area (Å²) in [5, 5.41) is 0. The summed E-state index contributed by atoms with van der Waals surface area (Å²) in [6.07, 6.45) is -0.255. The van der Waals surface area contributed by atoms with Crippen LogP contribution in [0.5, 0.6) is 11.5 Å². The summed E-state index contributed by atoms with van der Waals surface area (Å²) in [5.74, 6) is 1.12. The highest BCUT2D eigenvalue weighted by Crippen LogP contribution is 2.25. The lowest BCUT2D eigenvalue weighted by Gasteiger charge is -2.21. The van der Waals surface area contributed by atoms with E-state index >= 15 is 0 Å². The molecule has 0 aliphatic rings. The summed E-state index contributed by atoms with van der Waals surface area (Å²) < 4.78 is 16.6. The molecule has 0 N–H and O–H groups in total. The maximum absolute atomic E-state index is 12.4. The van der Waals surface area contributed by atoms with E-state index in [1.807, 2.05) is 55.5 Å². The Hall–Kier alpha value is -2.49. The molecule has 4 nitrogen and oxygen atoms in total. The van der Waals surface area contributed by atoms with Crippen molar-refractivity contribution in [2.24, 2.45) is 0 Å². The van der Waals surface area contributed by atoms with Gasteiger partial charge >= 0.3 is 5.97 Å². The zero-order chi connectivity index (χ0) is 19.9. The van der Waals surface area contributed by atoms with E-state index in [2.05, 4.69) is 20.8 Å². The molecule has 146 valence electrons. The first-order valence-corrected chi connectivity index (χ1v) is 9.49. The third-order valence-corrected chi connectivity index (χ3v) is 4.20. The van der Waals surface area contributed by atoms with Gasteiger partial charge in [-0.05, 0) is 54.7 Å². The van der Waals surface area contributed by atoms with Gasteiger partial charge in [0.25, 0.3) is 0 Å². The van der Waals surface area contributed by atoms with Crippen LogP contribution in [0.3, 0.4) is 0 Å². The molecule has 0 saturated carbocycles. The largest absolute Gasteiger partial charge is 0.494 e. The highest BCUT2D eigenvalue weighted by Gasteiger charge is 2.23. The SMILES string of the molecule is CCOC(=O)[C@H](Cc1ccc(OCC)cc1)Oc1ccc(C(C)(C)C)cc1. The molecule has 0 spiro atoms. The molecule has 0 radical (unpaired) electrons. The van der Waals surface area contributed by atoms with Gasteiger partial charge in [-0.15, -0.1) is 0 Å². The van der Waals surface area contributed by atoms with E-state index in [-0.39, 0.29) is 11.4 Å². The molecule has 27 heavy (non-hydrogen) atoms. The highest BCUT2D eigenvalue weighted by atomic mass is 16.6. The molecule has 2 aromatic carbocycles. The molecule has 0 fully saturated rings. The third kappa shape index (κ3) is 6.31. The number of hydrogen-bond acceptors (Lipinski definition) is 4. The minimum Gasteiger partial charge on any atom is -0.494 e. The van der Waals surface area contributed by atoms with Crippen LogP contribution in [-0.4, -0.2) is 25.3 Å². The predicted molar refractivity (Wildman–Crippen MR) is 108 cm³/mol. The van der Waals surface area contributed by atoms with Gasteiger partial charge in [0.05, 0.1) is 13.2 Å². The molecule has 1 atom stereocenters. The monoisotopic (exact) mass is 370 g/mol. The maximum Gasteiger partial charge on any atom is 0.347 e. The molecular formula is C23H30O4.